The number of benzene rings is 3. The lowest BCUT2D eigenvalue weighted by Gasteiger charge is -2.15. The van der Waals surface area contributed by atoms with Gasteiger partial charge in [-0.05, 0) is 22.3 Å². The number of carbonyl (C=O) groups excluding carboxylic acids is 1. The van der Waals surface area contributed by atoms with Gasteiger partial charge in [0.15, 0.2) is 11.6 Å². The molecule has 0 bridgehead atoms. The molecule has 0 fully saturated rings. The molecular weight excluding hydrogens is 399 g/mol. The average molecular weight is 413 g/mol. The van der Waals surface area contributed by atoms with Crippen LogP contribution in [0.25, 0.3) is 11.1 Å². The van der Waals surface area contributed by atoms with Gasteiger partial charge in [-0.1, -0.05) is 48.5 Å². The number of halogens is 3. The summed E-state index contributed by atoms with van der Waals surface area (Å²) in [5.74, 6) is -7.00. The lowest BCUT2D eigenvalue weighted by atomic mass is 9.98. The molecule has 5 nitrogen and oxygen atoms in total. The van der Waals surface area contributed by atoms with Gasteiger partial charge in [-0.3, -0.25) is 5.32 Å². The Morgan fingerprint density at radius 2 is 1.50 bits per heavy atom. The number of fused-ring (bicyclic) bond motifs is 3. The van der Waals surface area contributed by atoms with E-state index in [1.165, 1.54) is 0 Å². The minimum atomic E-state index is -1.86. The van der Waals surface area contributed by atoms with Crippen LogP contribution < -0.4 is 5.32 Å². The van der Waals surface area contributed by atoms with Crippen LogP contribution in [-0.4, -0.2) is 23.8 Å². The number of hydrogen-bond donors (Lipinski definition) is 2. The van der Waals surface area contributed by atoms with Crippen molar-refractivity contribution in [3.05, 3.63) is 88.7 Å². The molecule has 152 valence electrons. The summed E-state index contributed by atoms with van der Waals surface area (Å²) >= 11 is 0. The van der Waals surface area contributed by atoms with Crippen molar-refractivity contribution < 1.29 is 32.6 Å². The van der Waals surface area contributed by atoms with Crippen LogP contribution in [0, 0.1) is 17.5 Å². The van der Waals surface area contributed by atoms with Crippen LogP contribution in [0.5, 0.6) is 0 Å². The fraction of sp³-hybridized carbons (Fsp3) is 0.0909. The number of aromatic carboxylic acids is 1. The number of anilines is 1. The molecule has 0 unspecified atom stereocenters. The van der Waals surface area contributed by atoms with Gasteiger partial charge in [0.25, 0.3) is 0 Å². The standard InChI is InChI=1S/C22H14F3NO4/c23-16-9-17(24)19(25)20(18(16)21(27)28)26-22(29)30-10-15-13-7-3-1-5-11(13)12-6-2-4-8-14(12)15/h1-9,15H,10H2,(H,26,29)(H,27,28). The lowest BCUT2D eigenvalue weighted by molar-refractivity contribution is 0.0692. The topological polar surface area (TPSA) is 75.6 Å². The fourth-order valence-corrected chi connectivity index (χ4v) is 3.66. The quantitative estimate of drug-likeness (QED) is 0.579. The Balaban J connectivity index is 1.57. The summed E-state index contributed by atoms with van der Waals surface area (Å²) in [6, 6.07) is 15.2. The van der Waals surface area contributed by atoms with Crippen LogP contribution in [0.3, 0.4) is 0 Å². The van der Waals surface area contributed by atoms with Gasteiger partial charge in [0.2, 0.25) is 0 Å². The summed E-state index contributed by atoms with van der Waals surface area (Å²) in [5, 5.41) is 10.9. The molecule has 0 aliphatic heterocycles. The number of amides is 1. The van der Waals surface area contributed by atoms with E-state index in [9.17, 15) is 22.8 Å². The predicted octanol–water partition coefficient (Wildman–Crippen LogP) is 5.16. The maximum absolute atomic E-state index is 14.0. The van der Waals surface area contributed by atoms with Crippen LogP contribution in [0.2, 0.25) is 0 Å². The Morgan fingerprint density at radius 3 is 2.07 bits per heavy atom. The van der Waals surface area contributed by atoms with E-state index < -0.39 is 40.8 Å². The molecule has 1 amide bonds. The molecule has 1 aliphatic carbocycles. The van der Waals surface area contributed by atoms with Crippen molar-refractivity contribution in [2.24, 2.45) is 0 Å². The fourth-order valence-electron chi connectivity index (χ4n) is 3.66. The molecule has 8 heteroatoms. The average Bonchev–Trinajstić information content (AvgIpc) is 3.04. The van der Waals surface area contributed by atoms with Crippen LogP contribution >= 0.6 is 0 Å². The maximum Gasteiger partial charge on any atom is 0.411 e. The first-order valence-corrected chi connectivity index (χ1v) is 8.91. The molecule has 0 saturated carbocycles. The zero-order valence-electron chi connectivity index (χ0n) is 15.3. The highest BCUT2D eigenvalue weighted by Crippen LogP contribution is 2.44. The Hall–Kier alpha value is -3.81. The molecule has 4 rings (SSSR count). The number of carbonyl (C=O) groups is 2. The van der Waals surface area contributed by atoms with E-state index in [2.05, 4.69) is 0 Å². The molecular formula is C22H14F3NO4. The van der Waals surface area contributed by atoms with Crippen molar-refractivity contribution >= 4 is 17.7 Å². The smallest absolute Gasteiger partial charge is 0.411 e. The van der Waals surface area contributed by atoms with Gasteiger partial charge in [-0.15, -0.1) is 0 Å². The van der Waals surface area contributed by atoms with Crippen molar-refractivity contribution in [2.75, 3.05) is 11.9 Å². The van der Waals surface area contributed by atoms with Crippen molar-refractivity contribution in [3.63, 3.8) is 0 Å². The molecule has 0 aromatic heterocycles. The van der Waals surface area contributed by atoms with E-state index in [-0.39, 0.29) is 18.6 Å². The molecule has 0 atom stereocenters. The first kappa shape index (κ1) is 19.5. The van der Waals surface area contributed by atoms with Gasteiger partial charge in [0, 0.05) is 12.0 Å². The number of rotatable bonds is 4. The van der Waals surface area contributed by atoms with Crippen molar-refractivity contribution in [3.8, 4) is 11.1 Å². The Kier molecular flexibility index (Phi) is 4.91. The number of nitrogens with one attached hydrogen (secondary N) is 1. The van der Waals surface area contributed by atoms with Crippen molar-refractivity contribution in [1.29, 1.82) is 0 Å². The Morgan fingerprint density at radius 1 is 0.933 bits per heavy atom. The van der Waals surface area contributed by atoms with Crippen LogP contribution in [0.1, 0.15) is 27.4 Å². The largest absolute Gasteiger partial charge is 0.478 e. The van der Waals surface area contributed by atoms with Gasteiger partial charge in [-0.2, -0.15) is 0 Å². The predicted molar refractivity (Wildman–Crippen MR) is 102 cm³/mol. The summed E-state index contributed by atoms with van der Waals surface area (Å²) in [6.07, 6.45) is -1.23. The maximum atomic E-state index is 14.0. The van der Waals surface area contributed by atoms with Crippen LogP contribution in [-0.2, 0) is 4.74 Å². The minimum absolute atomic E-state index is 0.0989. The van der Waals surface area contributed by atoms with E-state index in [1.807, 2.05) is 53.8 Å². The van der Waals surface area contributed by atoms with E-state index in [4.69, 9.17) is 9.84 Å². The highest BCUT2D eigenvalue weighted by molar-refractivity contribution is 5.99. The lowest BCUT2D eigenvalue weighted by Crippen LogP contribution is -2.21. The second kappa shape index (κ2) is 7.55. The van der Waals surface area contributed by atoms with E-state index >= 15 is 0 Å². The van der Waals surface area contributed by atoms with Crippen molar-refractivity contribution in [2.45, 2.75) is 5.92 Å². The summed E-state index contributed by atoms with van der Waals surface area (Å²) in [6.45, 7) is -0.137. The molecule has 0 heterocycles. The van der Waals surface area contributed by atoms with Crippen LogP contribution in [0.15, 0.2) is 54.6 Å². The molecule has 30 heavy (non-hydrogen) atoms. The molecule has 0 radical (unpaired) electrons. The second-order valence-corrected chi connectivity index (χ2v) is 6.66. The van der Waals surface area contributed by atoms with Gasteiger partial charge >= 0.3 is 12.1 Å². The molecule has 3 aromatic rings. The number of carboxylic acids is 1. The highest BCUT2D eigenvalue weighted by atomic mass is 19.2. The molecule has 1 aliphatic rings. The zero-order chi connectivity index (χ0) is 21.4. The van der Waals surface area contributed by atoms with E-state index in [0.717, 1.165) is 22.3 Å². The number of ether oxygens (including phenoxy) is 1. The van der Waals surface area contributed by atoms with Gasteiger partial charge in [0.1, 0.15) is 23.7 Å². The van der Waals surface area contributed by atoms with E-state index in [0.29, 0.717) is 0 Å². The van der Waals surface area contributed by atoms with Gasteiger partial charge < -0.3 is 9.84 Å². The number of hydrogen-bond acceptors (Lipinski definition) is 3. The van der Waals surface area contributed by atoms with Gasteiger partial charge in [0.05, 0.1) is 0 Å². The van der Waals surface area contributed by atoms with E-state index in [1.54, 1.807) is 0 Å². The third kappa shape index (κ3) is 3.26. The normalized spacial score (nSPS) is 12.2. The van der Waals surface area contributed by atoms with Crippen LogP contribution in [0.4, 0.5) is 23.7 Å². The third-order valence-electron chi connectivity index (χ3n) is 4.96. The monoisotopic (exact) mass is 413 g/mol. The summed E-state index contributed by atoms with van der Waals surface area (Å²) < 4.78 is 46.5. The Labute approximate surface area is 168 Å². The molecule has 3 aromatic carbocycles. The summed E-state index contributed by atoms with van der Waals surface area (Å²) in [7, 11) is 0. The SMILES string of the molecule is O=C(Nc1c(F)c(F)cc(F)c1C(=O)O)OCC1c2ccccc2-c2ccccc21. The summed E-state index contributed by atoms with van der Waals surface area (Å²) in [4.78, 5) is 23.4. The highest BCUT2D eigenvalue weighted by Gasteiger charge is 2.30. The third-order valence-corrected chi connectivity index (χ3v) is 4.96. The van der Waals surface area contributed by atoms with Gasteiger partial charge in [-0.25, -0.2) is 22.8 Å². The molecule has 2 N–H and O–H groups in total. The first-order valence-electron chi connectivity index (χ1n) is 8.91. The first-order chi connectivity index (χ1) is 14.4. The van der Waals surface area contributed by atoms with Crippen molar-refractivity contribution in [1.82, 2.24) is 0 Å². The summed E-state index contributed by atoms with van der Waals surface area (Å²) in [5.41, 5.74) is 1.53. The number of carboxylic acid groups (broad SMARTS) is 1. The molecule has 0 spiro atoms. The Bertz CT molecular complexity index is 1130. The molecule has 0 saturated heterocycles. The second-order valence-electron chi connectivity index (χ2n) is 6.66. The minimum Gasteiger partial charge on any atom is -0.478 e. The zero-order valence-corrected chi connectivity index (χ0v) is 15.3.